The summed E-state index contributed by atoms with van der Waals surface area (Å²) < 4.78 is 5.38. The number of carboxylic acid groups (broad SMARTS) is 1. The lowest BCUT2D eigenvalue weighted by molar-refractivity contribution is -0.155. The van der Waals surface area contributed by atoms with Gasteiger partial charge in [0.2, 0.25) is 11.8 Å². The second kappa shape index (κ2) is 8.09. The molecule has 5 atom stereocenters. The van der Waals surface area contributed by atoms with E-state index in [1.54, 1.807) is 6.92 Å². The Morgan fingerprint density at radius 1 is 1.14 bits per heavy atom. The predicted octanol–water partition coefficient (Wildman–Crippen LogP) is 1.23. The highest BCUT2D eigenvalue weighted by molar-refractivity contribution is 5.88. The van der Waals surface area contributed by atoms with Crippen LogP contribution in [0.25, 0.3) is 0 Å². The van der Waals surface area contributed by atoms with Crippen LogP contribution in [0.2, 0.25) is 0 Å². The second-order valence-corrected chi connectivity index (χ2v) is 8.70. The summed E-state index contributed by atoms with van der Waals surface area (Å²) in [5, 5.41) is 15.1. The van der Waals surface area contributed by atoms with Crippen LogP contribution >= 0.6 is 0 Å². The first-order valence-corrected chi connectivity index (χ1v) is 10.2. The summed E-state index contributed by atoms with van der Waals surface area (Å²) >= 11 is 0. The largest absolute Gasteiger partial charge is 0.481 e. The predicted molar refractivity (Wildman–Crippen MR) is 99.0 cm³/mol. The van der Waals surface area contributed by atoms with Gasteiger partial charge in [-0.2, -0.15) is 0 Å². The number of hydrogen-bond acceptors (Lipinski definition) is 5. The van der Waals surface area contributed by atoms with Crippen LogP contribution in [0.5, 0.6) is 0 Å². The van der Waals surface area contributed by atoms with Gasteiger partial charge in [-0.05, 0) is 43.9 Å². The minimum atomic E-state index is -0.985. The third-order valence-corrected chi connectivity index (χ3v) is 6.69. The number of aliphatic carboxylic acids is 1. The number of hydrogen-bond donors (Lipinski definition) is 3. The number of nitrogens with one attached hydrogen (secondary N) is 2. The monoisotopic (exact) mass is 394 g/mol. The van der Waals surface area contributed by atoms with Crippen molar-refractivity contribution in [2.24, 2.45) is 23.7 Å². The number of carbonyl (C=O) groups is 4. The molecule has 0 saturated heterocycles. The number of fused-ring (bicyclic) bond motifs is 2. The maximum absolute atomic E-state index is 12.6. The average molecular weight is 394 g/mol. The Hall–Kier alpha value is -2.12. The van der Waals surface area contributed by atoms with Crippen molar-refractivity contribution in [2.45, 2.75) is 70.4 Å². The Labute approximate surface area is 164 Å². The first kappa shape index (κ1) is 20.6. The normalized spacial score (nSPS) is 31.2. The lowest BCUT2D eigenvalue weighted by Gasteiger charge is -2.30. The summed E-state index contributed by atoms with van der Waals surface area (Å²) in [5.74, 6) is -2.69. The Morgan fingerprint density at radius 2 is 1.79 bits per heavy atom. The van der Waals surface area contributed by atoms with Gasteiger partial charge in [-0.15, -0.1) is 0 Å². The Kier molecular flexibility index (Phi) is 5.95. The molecule has 0 heterocycles. The van der Waals surface area contributed by atoms with E-state index in [0.717, 1.165) is 32.1 Å². The molecule has 0 spiro atoms. The fourth-order valence-corrected chi connectivity index (χ4v) is 5.27. The SMILES string of the molecule is CC(=O)NC1(C(=O)OCC(C)C(=O)NC2C3CCC(C3)C2C(=O)O)CCCC1. The van der Waals surface area contributed by atoms with Crippen LogP contribution in [0.3, 0.4) is 0 Å². The van der Waals surface area contributed by atoms with Gasteiger partial charge < -0.3 is 20.5 Å². The zero-order valence-electron chi connectivity index (χ0n) is 16.5. The van der Waals surface area contributed by atoms with Gasteiger partial charge in [0.25, 0.3) is 0 Å². The smallest absolute Gasteiger partial charge is 0.331 e. The molecular formula is C20H30N2O6. The molecule has 0 radical (unpaired) electrons. The number of carbonyl (C=O) groups excluding carboxylic acids is 3. The van der Waals surface area contributed by atoms with Crippen LogP contribution in [-0.2, 0) is 23.9 Å². The molecule has 3 fully saturated rings. The fraction of sp³-hybridized carbons (Fsp3) is 0.800. The van der Waals surface area contributed by atoms with Crippen LogP contribution in [0.15, 0.2) is 0 Å². The average Bonchev–Trinajstić information content (AvgIpc) is 3.35. The lowest BCUT2D eigenvalue weighted by Crippen LogP contribution is -2.53. The maximum atomic E-state index is 12.6. The molecule has 28 heavy (non-hydrogen) atoms. The van der Waals surface area contributed by atoms with Crippen LogP contribution in [0, 0.1) is 23.7 Å². The van der Waals surface area contributed by atoms with Crippen molar-refractivity contribution in [2.75, 3.05) is 6.61 Å². The number of amides is 2. The fourth-order valence-electron chi connectivity index (χ4n) is 5.27. The van der Waals surface area contributed by atoms with Crippen molar-refractivity contribution in [3.63, 3.8) is 0 Å². The third-order valence-electron chi connectivity index (χ3n) is 6.69. The number of rotatable bonds is 7. The van der Waals surface area contributed by atoms with E-state index in [1.165, 1.54) is 6.92 Å². The van der Waals surface area contributed by atoms with Crippen molar-refractivity contribution in [3.05, 3.63) is 0 Å². The summed E-state index contributed by atoms with van der Waals surface area (Å²) in [6.07, 6.45) is 5.46. The molecule has 3 N–H and O–H groups in total. The van der Waals surface area contributed by atoms with Crippen molar-refractivity contribution in [1.82, 2.24) is 10.6 Å². The Bertz CT molecular complexity index is 657. The minimum absolute atomic E-state index is 0.0927. The van der Waals surface area contributed by atoms with E-state index in [-0.39, 0.29) is 36.3 Å². The van der Waals surface area contributed by atoms with E-state index < -0.39 is 29.3 Å². The highest BCUT2D eigenvalue weighted by Gasteiger charge is 2.51. The zero-order valence-corrected chi connectivity index (χ0v) is 16.5. The number of carboxylic acids is 1. The van der Waals surface area contributed by atoms with Crippen molar-refractivity contribution in [1.29, 1.82) is 0 Å². The van der Waals surface area contributed by atoms with Gasteiger partial charge in [0.05, 0.1) is 11.8 Å². The van der Waals surface area contributed by atoms with Crippen LogP contribution in [-0.4, -0.2) is 47.0 Å². The summed E-state index contributed by atoms with van der Waals surface area (Å²) in [6, 6.07) is -0.345. The highest BCUT2D eigenvalue weighted by Crippen LogP contribution is 2.48. The van der Waals surface area contributed by atoms with Gasteiger partial charge in [0, 0.05) is 13.0 Å². The summed E-state index contributed by atoms with van der Waals surface area (Å²) in [6.45, 7) is 2.94. The van der Waals surface area contributed by atoms with E-state index in [1.807, 2.05) is 0 Å². The standard InChI is InChI=1S/C20H30N2O6/c1-11(10-28-19(27)20(22-12(2)23)7-3-4-8-20)17(24)21-16-14-6-5-13(9-14)15(16)18(25)26/h11,13-16H,3-10H2,1-2H3,(H,21,24)(H,22,23)(H,25,26). The topological polar surface area (TPSA) is 122 Å². The summed E-state index contributed by atoms with van der Waals surface area (Å²) in [5.41, 5.74) is -0.985. The molecule has 3 aliphatic carbocycles. The molecule has 0 aromatic rings. The van der Waals surface area contributed by atoms with Crippen molar-refractivity contribution in [3.8, 4) is 0 Å². The molecule has 2 bridgehead atoms. The van der Waals surface area contributed by atoms with Crippen LogP contribution in [0.4, 0.5) is 0 Å². The molecule has 8 heteroatoms. The molecule has 2 amide bonds. The summed E-state index contributed by atoms with van der Waals surface area (Å²) in [7, 11) is 0. The molecule has 0 aromatic heterocycles. The van der Waals surface area contributed by atoms with E-state index in [4.69, 9.17) is 4.74 Å². The van der Waals surface area contributed by atoms with Gasteiger partial charge in [-0.25, -0.2) is 4.79 Å². The molecule has 3 aliphatic rings. The number of esters is 1. The van der Waals surface area contributed by atoms with Crippen LogP contribution < -0.4 is 10.6 Å². The third kappa shape index (κ3) is 4.00. The maximum Gasteiger partial charge on any atom is 0.331 e. The molecule has 0 aromatic carbocycles. The molecule has 3 saturated carbocycles. The lowest BCUT2D eigenvalue weighted by atomic mass is 9.84. The van der Waals surface area contributed by atoms with Gasteiger partial charge in [0.15, 0.2) is 0 Å². The first-order valence-electron chi connectivity index (χ1n) is 10.2. The van der Waals surface area contributed by atoms with E-state index in [2.05, 4.69) is 10.6 Å². The summed E-state index contributed by atoms with van der Waals surface area (Å²) in [4.78, 5) is 48.2. The van der Waals surface area contributed by atoms with Crippen molar-refractivity contribution >= 4 is 23.8 Å². The van der Waals surface area contributed by atoms with Gasteiger partial charge in [-0.3, -0.25) is 14.4 Å². The quantitative estimate of drug-likeness (QED) is 0.558. The van der Waals surface area contributed by atoms with Crippen LogP contribution in [0.1, 0.15) is 58.8 Å². The molecule has 156 valence electrons. The molecular weight excluding hydrogens is 364 g/mol. The zero-order chi connectivity index (χ0) is 20.5. The Balaban J connectivity index is 1.53. The minimum Gasteiger partial charge on any atom is -0.481 e. The van der Waals surface area contributed by atoms with E-state index in [9.17, 15) is 24.3 Å². The Morgan fingerprint density at radius 3 is 2.39 bits per heavy atom. The van der Waals surface area contributed by atoms with Gasteiger partial charge in [-0.1, -0.05) is 19.8 Å². The van der Waals surface area contributed by atoms with E-state index in [0.29, 0.717) is 12.8 Å². The molecule has 8 nitrogen and oxygen atoms in total. The van der Waals surface area contributed by atoms with Crippen molar-refractivity contribution < 1.29 is 29.0 Å². The van der Waals surface area contributed by atoms with Gasteiger partial charge >= 0.3 is 11.9 Å². The number of ether oxygens (including phenoxy) is 1. The molecule has 3 rings (SSSR count). The second-order valence-electron chi connectivity index (χ2n) is 8.70. The first-order chi connectivity index (χ1) is 13.2. The molecule has 5 unspecified atom stereocenters. The molecule has 0 aliphatic heterocycles. The highest BCUT2D eigenvalue weighted by atomic mass is 16.5. The van der Waals surface area contributed by atoms with Gasteiger partial charge in [0.1, 0.15) is 12.1 Å². The van der Waals surface area contributed by atoms with E-state index >= 15 is 0 Å².